The zero-order valence-corrected chi connectivity index (χ0v) is 14.0. The van der Waals surface area contributed by atoms with Gasteiger partial charge in [0.15, 0.2) is 0 Å². The Morgan fingerprint density at radius 2 is 1.40 bits per heavy atom. The second-order valence-electron chi connectivity index (χ2n) is 7.79. The van der Waals surface area contributed by atoms with Crippen molar-refractivity contribution in [2.45, 2.75) is 71.4 Å². The third-order valence-electron chi connectivity index (χ3n) is 5.29. The highest BCUT2D eigenvalue weighted by molar-refractivity contribution is 5.43. The summed E-state index contributed by atoms with van der Waals surface area (Å²) in [4.78, 5) is 2.51. The summed E-state index contributed by atoms with van der Waals surface area (Å²) in [5.74, 6) is 1.01. The Hall–Kier alpha value is -1.02. The van der Waals surface area contributed by atoms with Gasteiger partial charge < -0.3 is 5.11 Å². The van der Waals surface area contributed by atoms with Gasteiger partial charge in [-0.1, -0.05) is 12.1 Å². The normalized spacial score (nSPS) is 22.9. The molecule has 0 aliphatic carbocycles. The van der Waals surface area contributed by atoms with E-state index >= 15 is 0 Å². The number of aryl methyl sites for hydroxylation is 2. The van der Waals surface area contributed by atoms with E-state index in [0.29, 0.717) is 11.7 Å². The van der Waals surface area contributed by atoms with Crippen molar-refractivity contribution < 1.29 is 5.11 Å². The summed E-state index contributed by atoms with van der Waals surface area (Å²) in [6.07, 6.45) is 2.33. The van der Waals surface area contributed by atoms with Crippen LogP contribution in [0.1, 0.15) is 63.1 Å². The predicted molar refractivity (Wildman–Crippen MR) is 85.5 cm³/mol. The summed E-state index contributed by atoms with van der Waals surface area (Å²) < 4.78 is 0. The Morgan fingerprint density at radius 3 is 1.80 bits per heavy atom. The van der Waals surface area contributed by atoms with Gasteiger partial charge in [0.2, 0.25) is 0 Å². The molecule has 2 heteroatoms. The van der Waals surface area contributed by atoms with Gasteiger partial charge in [0.25, 0.3) is 0 Å². The summed E-state index contributed by atoms with van der Waals surface area (Å²) in [5, 5.41) is 9.97. The number of likely N-dealkylation sites (tertiary alicyclic amines) is 1. The van der Waals surface area contributed by atoms with Crippen molar-refractivity contribution in [2.24, 2.45) is 0 Å². The standard InChI is InChI=1S/C18H29NO/c1-12-8-14(9-13(2)16(12)20)15-10-17(3,4)19(7)18(5,6)11-15/h8-9,15,20H,10-11H2,1-7H3. The molecule has 112 valence electrons. The maximum atomic E-state index is 9.97. The first-order valence-corrected chi connectivity index (χ1v) is 7.59. The van der Waals surface area contributed by atoms with Crippen LogP contribution in [-0.2, 0) is 0 Å². The average Bonchev–Trinajstić information content (AvgIpc) is 2.31. The molecule has 0 bridgehead atoms. The van der Waals surface area contributed by atoms with Crippen LogP contribution in [0.2, 0.25) is 0 Å². The number of hydrogen-bond donors (Lipinski definition) is 1. The molecule has 1 heterocycles. The number of hydrogen-bond acceptors (Lipinski definition) is 2. The highest BCUT2D eigenvalue weighted by atomic mass is 16.3. The van der Waals surface area contributed by atoms with E-state index in [-0.39, 0.29) is 11.1 Å². The van der Waals surface area contributed by atoms with Gasteiger partial charge in [-0.25, -0.2) is 0 Å². The van der Waals surface area contributed by atoms with E-state index in [1.54, 1.807) is 0 Å². The summed E-state index contributed by atoms with van der Waals surface area (Å²) in [6.45, 7) is 13.3. The molecule has 2 nitrogen and oxygen atoms in total. The van der Waals surface area contributed by atoms with E-state index in [1.165, 1.54) is 5.56 Å². The van der Waals surface area contributed by atoms with Crippen molar-refractivity contribution in [3.05, 3.63) is 28.8 Å². The largest absolute Gasteiger partial charge is 0.507 e. The second kappa shape index (κ2) is 4.77. The molecule has 1 fully saturated rings. The van der Waals surface area contributed by atoms with Crippen LogP contribution in [0, 0.1) is 13.8 Å². The molecule has 1 saturated heterocycles. The number of piperidine rings is 1. The topological polar surface area (TPSA) is 23.5 Å². The van der Waals surface area contributed by atoms with Gasteiger partial charge in [-0.3, -0.25) is 4.90 Å². The van der Waals surface area contributed by atoms with Crippen LogP contribution in [0.3, 0.4) is 0 Å². The minimum atomic E-state index is 0.201. The molecule has 1 aliphatic rings. The number of phenols is 1. The van der Waals surface area contributed by atoms with E-state index in [9.17, 15) is 5.11 Å². The fourth-order valence-corrected chi connectivity index (χ4v) is 3.83. The molecule has 1 aliphatic heterocycles. The summed E-state index contributed by atoms with van der Waals surface area (Å²) in [7, 11) is 2.24. The summed E-state index contributed by atoms with van der Waals surface area (Å²) in [6, 6.07) is 4.34. The summed E-state index contributed by atoms with van der Waals surface area (Å²) in [5.41, 5.74) is 3.77. The molecule has 2 rings (SSSR count). The lowest BCUT2D eigenvalue weighted by Crippen LogP contribution is -2.58. The van der Waals surface area contributed by atoms with Crippen molar-refractivity contribution in [3.63, 3.8) is 0 Å². The van der Waals surface area contributed by atoms with Crippen molar-refractivity contribution in [1.29, 1.82) is 0 Å². The van der Waals surface area contributed by atoms with Gasteiger partial charge in [-0.15, -0.1) is 0 Å². The first-order valence-electron chi connectivity index (χ1n) is 7.59. The third kappa shape index (κ3) is 2.58. The molecule has 0 spiro atoms. The Kier molecular flexibility index (Phi) is 3.66. The van der Waals surface area contributed by atoms with Gasteiger partial charge in [-0.05, 0) is 84.0 Å². The smallest absolute Gasteiger partial charge is 0.121 e. The predicted octanol–water partition coefficient (Wildman–Crippen LogP) is 4.38. The minimum absolute atomic E-state index is 0.201. The maximum absolute atomic E-state index is 9.97. The van der Waals surface area contributed by atoms with Gasteiger partial charge in [-0.2, -0.15) is 0 Å². The monoisotopic (exact) mass is 275 g/mol. The number of nitrogens with zero attached hydrogens (tertiary/aromatic N) is 1. The molecule has 0 aromatic heterocycles. The van der Waals surface area contributed by atoms with Crippen LogP contribution < -0.4 is 0 Å². The Morgan fingerprint density at radius 1 is 1.00 bits per heavy atom. The lowest BCUT2D eigenvalue weighted by atomic mass is 9.71. The first-order chi connectivity index (χ1) is 9.04. The molecule has 1 aromatic carbocycles. The van der Waals surface area contributed by atoms with E-state index in [1.807, 2.05) is 13.8 Å². The quantitative estimate of drug-likeness (QED) is 0.822. The molecule has 1 aromatic rings. The zero-order chi connectivity index (χ0) is 15.3. The van der Waals surface area contributed by atoms with Crippen molar-refractivity contribution >= 4 is 0 Å². The number of aromatic hydroxyl groups is 1. The van der Waals surface area contributed by atoms with E-state index in [0.717, 1.165) is 24.0 Å². The first kappa shape index (κ1) is 15.4. The van der Waals surface area contributed by atoms with Gasteiger partial charge in [0.05, 0.1) is 0 Å². The third-order valence-corrected chi connectivity index (χ3v) is 5.29. The molecular formula is C18H29NO. The van der Waals surface area contributed by atoms with Crippen LogP contribution in [0.15, 0.2) is 12.1 Å². The Balaban J connectivity index is 2.39. The maximum Gasteiger partial charge on any atom is 0.121 e. The molecule has 20 heavy (non-hydrogen) atoms. The Labute approximate surface area is 123 Å². The van der Waals surface area contributed by atoms with Crippen molar-refractivity contribution in [1.82, 2.24) is 4.90 Å². The molecule has 0 amide bonds. The van der Waals surface area contributed by atoms with Crippen LogP contribution in [-0.4, -0.2) is 28.1 Å². The molecule has 0 saturated carbocycles. The van der Waals surface area contributed by atoms with Crippen LogP contribution in [0.25, 0.3) is 0 Å². The van der Waals surface area contributed by atoms with Crippen molar-refractivity contribution in [3.8, 4) is 5.75 Å². The van der Waals surface area contributed by atoms with Crippen LogP contribution >= 0.6 is 0 Å². The second-order valence-corrected chi connectivity index (χ2v) is 7.79. The minimum Gasteiger partial charge on any atom is -0.507 e. The fraction of sp³-hybridized carbons (Fsp3) is 0.667. The molecular weight excluding hydrogens is 246 g/mol. The van der Waals surface area contributed by atoms with E-state index in [4.69, 9.17) is 0 Å². The van der Waals surface area contributed by atoms with Gasteiger partial charge >= 0.3 is 0 Å². The summed E-state index contributed by atoms with van der Waals surface area (Å²) >= 11 is 0. The fourth-order valence-electron chi connectivity index (χ4n) is 3.83. The zero-order valence-electron chi connectivity index (χ0n) is 14.0. The molecule has 0 radical (unpaired) electrons. The SMILES string of the molecule is Cc1cc(C2CC(C)(C)N(C)C(C)(C)C2)cc(C)c1O. The van der Waals surface area contributed by atoms with E-state index in [2.05, 4.69) is 51.8 Å². The Bertz CT molecular complexity index is 475. The lowest BCUT2D eigenvalue weighted by molar-refractivity contribution is -0.0128. The van der Waals surface area contributed by atoms with Gasteiger partial charge in [0, 0.05) is 11.1 Å². The molecule has 0 atom stereocenters. The van der Waals surface area contributed by atoms with Gasteiger partial charge in [0.1, 0.15) is 5.75 Å². The van der Waals surface area contributed by atoms with Crippen LogP contribution in [0.4, 0.5) is 0 Å². The van der Waals surface area contributed by atoms with Crippen LogP contribution in [0.5, 0.6) is 5.75 Å². The molecule has 1 N–H and O–H groups in total. The number of benzene rings is 1. The average molecular weight is 275 g/mol. The number of rotatable bonds is 1. The van der Waals surface area contributed by atoms with Crippen molar-refractivity contribution in [2.75, 3.05) is 7.05 Å². The lowest BCUT2D eigenvalue weighted by Gasteiger charge is -2.54. The molecule has 0 unspecified atom stereocenters. The van der Waals surface area contributed by atoms with E-state index < -0.39 is 0 Å². The highest BCUT2D eigenvalue weighted by Gasteiger charge is 2.43. The number of phenolic OH excluding ortho intramolecular Hbond substituents is 1. The highest BCUT2D eigenvalue weighted by Crippen LogP contribution is 2.45.